The van der Waals surface area contributed by atoms with Crippen LogP contribution in [0, 0.1) is 0 Å². The van der Waals surface area contributed by atoms with Gasteiger partial charge in [0.15, 0.2) is 0 Å². The quantitative estimate of drug-likeness (QED) is 0.330. The van der Waals surface area contributed by atoms with Gasteiger partial charge >= 0.3 is 27.9 Å². The summed E-state index contributed by atoms with van der Waals surface area (Å²) in [6.45, 7) is 0. The molecule has 0 fully saturated rings. The van der Waals surface area contributed by atoms with Crippen LogP contribution in [0.4, 0.5) is 0 Å². The molecular formula is CH7LiO4Si. The van der Waals surface area contributed by atoms with E-state index in [1.54, 1.807) is 0 Å². The van der Waals surface area contributed by atoms with Crippen LogP contribution < -0.4 is 0 Å². The molecule has 0 aromatic heterocycles. The van der Waals surface area contributed by atoms with E-state index in [0.29, 0.717) is 0 Å². The van der Waals surface area contributed by atoms with Crippen molar-refractivity contribution < 1.29 is 18.8 Å². The van der Waals surface area contributed by atoms with E-state index in [1.165, 1.54) is 0 Å². The van der Waals surface area contributed by atoms with E-state index in [0.717, 1.165) is 7.11 Å². The Morgan fingerprint density at radius 1 is 1.29 bits per heavy atom. The first-order valence-corrected chi connectivity index (χ1v) is 3.03. The van der Waals surface area contributed by atoms with Crippen LogP contribution in [0.15, 0.2) is 0 Å². The van der Waals surface area contributed by atoms with Crippen molar-refractivity contribution in [2.24, 2.45) is 0 Å². The summed E-state index contributed by atoms with van der Waals surface area (Å²) in [6.07, 6.45) is 0. The molecule has 0 heterocycles. The van der Waals surface area contributed by atoms with Crippen LogP contribution in [0.2, 0.25) is 0 Å². The first-order chi connectivity index (χ1) is 2.56. The number of hydrogen-bond donors (Lipinski definition) is 3. The van der Waals surface area contributed by atoms with Gasteiger partial charge in [-0.3, -0.25) is 0 Å². The van der Waals surface area contributed by atoms with Crippen LogP contribution in [0.25, 0.3) is 0 Å². The fraction of sp³-hybridized carbons (Fsp3) is 1.00. The molecule has 0 aromatic carbocycles. The van der Waals surface area contributed by atoms with E-state index in [9.17, 15) is 0 Å². The fourth-order valence-electron chi connectivity index (χ4n) is 0. The van der Waals surface area contributed by atoms with Crippen molar-refractivity contribution in [2.75, 3.05) is 7.11 Å². The van der Waals surface area contributed by atoms with Gasteiger partial charge in [-0.2, -0.15) is 0 Å². The van der Waals surface area contributed by atoms with Gasteiger partial charge in [0, 0.05) is 7.11 Å². The zero-order valence-corrected chi connectivity index (χ0v) is 4.25. The monoisotopic (exact) mass is 118 g/mol. The Balaban J connectivity index is 0. The molecular weight excluding hydrogens is 111 g/mol. The van der Waals surface area contributed by atoms with Crippen LogP contribution >= 0.6 is 0 Å². The maximum absolute atomic E-state index is 7.85. The van der Waals surface area contributed by atoms with Gasteiger partial charge in [0.1, 0.15) is 0 Å². The van der Waals surface area contributed by atoms with Crippen molar-refractivity contribution in [3.05, 3.63) is 0 Å². The molecule has 4 nitrogen and oxygen atoms in total. The first-order valence-electron chi connectivity index (χ1n) is 1.28. The van der Waals surface area contributed by atoms with Crippen LogP contribution in [-0.4, -0.2) is 49.4 Å². The van der Waals surface area contributed by atoms with Gasteiger partial charge < -0.3 is 18.8 Å². The minimum atomic E-state index is -4.13. The average molecular weight is 118 g/mol. The molecule has 3 N–H and O–H groups in total. The summed E-state index contributed by atoms with van der Waals surface area (Å²) < 4.78 is 3.74. The van der Waals surface area contributed by atoms with Crippen molar-refractivity contribution in [1.29, 1.82) is 0 Å². The predicted molar refractivity (Wildman–Crippen MR) is 26.6 cm³/mol. The topological polar surface area (TPSA) is 69.9 Å². The van der Waals surface area contributed by atoms with E-state index < -0.39 is 9.05 Å². The Bertz CT molecular complexity index is 41.4. The molecule has 7 heavy (non-hydrogen) atoms. The van der Waals surface area contributed by atoms with Gasteiger partial charge in [-0.1, -0.05) is 0 Å². The van der Waals surface area contributed by atoms with E-state index in [2.05, 4.69) is 4.43 Å². The molecule has 0 aromatic rings. The summed E-state index contributed by atoms with van der Waals surface area (Å²) in [5.41, 5.74) is 0. The molecule has 0 bridgehead atoms. The van der Waals surface area contributed by atoms with Crippen LogP contribution in [-0.2, 0) is 4.43 Å². The van der Waals surface area contributed by atoms with E-state index in [1.807, 2.05) is 0 Å². The molecule has 6 heteroatoms. The maximum atomic E-state index is 7.85. The molecule has 0 unspecified atom stereocenters. The predicted octanol–water partition coefficient (Wildman–Crippen LogP) is -2.60. The van der Waals surface area contributed by atoms with Gasteiger partial charge in [0.05, 0.1) is 0 Å². The number of rotatable bonds is 1. The summed E-state index contributed by atoms with van der Waals surface area (Å²) in [7, 11) is -3.11. The zero-order valence-electron chi connectivity index (χ0n) is 3.25. The van der Waals surface area contributed by atoms with Gasteiger partial charge in [0.2, 0.25) is 0 Å². The van der Waals surface area contributed by atoms with Crippen LogP contribution in [0.1, 0.15) is 0 Å². The fourth-order valence-corrected chi connectivity index (χ4v) is 0. The van der Waals surface area contributed by atoms with Gasteiger partial charge in [-0.05, 0) is 0 Å². The third-order valence-corrected chi connectivity index (χ3v) is 0.822. The Morgan fingerprint density at radius 3 is 1.43 bits per heavy atom. The molecule has 0 rings (SSSR count). The van der Waals surface area contributed by atoms with Crippen molar-refractivity contribution in [2.45, 2.75) is 0 Å². The third-order valence-electron chi connectivity index (χ3n) is 0.274. The van der Waals surface area contributed by atoms with Gasteiger partial charge in [-0.25, -0.2) is 0 Å². The standard InChI is InChI=1S/CH6O4Si.Li.H/c1-5-6(2,3)4;;/h2-4H,1H3;;. The number of hydrogen-bond acceptors (Lipinski definition) is 4. The second kappa shape index (κ2) is 3.63. The van der Waals surface area contributed by atoms with Crippen LogP contribution in [0.3, 0.4) is 0 Å². The van der Waals surface area contributed by atoms with Crippen molar-refractivity contribution in [3.8, 4) is 0 Å². The molecule has 0 atom stereocenters. The Morgan fingerprint density at radius 2 is 1.43 bits per heavy atom. The van der Waals surface area contributed by atoms with Crippen molar-refractivity contribution >= 4 is 27.9 Å². The molecule has 40 valence electrons. The Kier molecular flexibility index (Phi) is 5.50. The van der Waals surface area contributed by atoms with E-state index >= 15 is 0 Å². The first kappa shape index (κ1) is 10.6. The molecule has 0 aliphatic rings. The van der Waals surface area contributed by atoms with Crippen LogP contribution in [0.5, 0.6) is 0 Å². The SMILES string of the molecule is CO[Si](O)(O)O.[LiH]. The summed E-state index contributed by atoms with van der Waals surface area (Å²) in [6, 6.07) is 0. The summed E-state index contributed by atoms with van der Waals surface area (Å²) >= 11 is 0. The van der Waals surface area contributed by atoms with Crippen molar-refractivity contribution in [3.63, 3.8) is 0 Å². The van der Waals surface area contributed by atoms with E-state index in [-0.39, 0.29) is 18.9 Å². The molecule has 0 amide bonds. The molecule has 0 radical (unpaired) electrons. The Labute approximate surface area is 54.4 Å². The van der Waals surface area contributed by atoms with Gasteiger partial charge in [0.25, 0.3) is 0 Å². The summed E-state index contributed by atoms with van der Waals surface area (Å²) in [5.74, 6) is 0. The second-order valence-corrected chi connectivity index (χ2v) is 2.33. The zero-order chi connectivity index (χ0) is 5.21. The van der Waals surface area contributed by atoms with E-state index in [4.69, 9.17) is 14.4 Å². The molecule has 0 spiro atoms. The minimum absolute atomic E-state index is 0. The average Bonchev–Trinajstić information content (AvgIpc) is 1.35. The summed E-state index contributed by atoms with van der Waals surface area (Å²) in [5, 5.41) is 0. The summed E-state index contributed by atoms with van der Waals surface area (Å²) in [4.78, 5) is 23.6. The Hall–Kier alpha value is 0.654. The molecule has 0 aliphatic heterocycles. The molecule has 0 aliphatic carbocycles. The molecule has 0 saturated carbocycles. The molecule has 0 saturated heterocycles. The van der Waals surface area contributed by atoms with Gasteiger partial charge in [-0.15, -0.1) is 0 Å². The van der Waals surface area contributed by atoms with Crippen molar-refractivity contribution in [1.82, 2.24) is 0 Å². The normalized spacial score (nSPS) is 10.3. The third kappa shape index (κ3) is 10.8. The second-order valence-electron chi connectivity index (χ2n) is 0.778.